The molecular weight excluding hydrogens is 426 g/mol. The van der Waals surface area contributed by atoms with Crippen LogP contribution in [0.2, 0.25) is 0 Å². The quantitative estimate of drug-likeness (QED) is 0.475. The first-order valence-corrected chi connectivity index (χ1v) is 11.3. The molecule has 4 aromatic rings. The first-order valence-electron chi connectivity index (χ1n) is 10.4. The van der Waals surface area contributed by atoms with Gasteiger partial charge in [-0.05, 0) is 42.1 Å². The van der Waals surface area contributed by atoms with Crippen molar-refractivity contribution in [3.8, 4) is 5.75 Å². The number of aromatic nitrogens is 1. The number of carbonyl (C=O) groups is 2. The summed E-state index contributed by atoms with van der Waals surface area (Å²) in [5.74, 6) is 0.525. The van der Waals surface area contributed by atoms with Gasteiger partial charge in [-0.1, -0.05) is 12.1 Å². The summed E-state index contributed by atoms with van der Waals surface area (Å²) in [6.45, 7) is 3.23. The Morgan fingerprint density at radius 3 is 2.69 bits per heavy atom. The molecule has 1 unspecified atom stereocenters. The molecule has 1 atom stereocenters. The van der Waals surface area contributed by atoms with E-state index in [4.69, 9.17) is 9.15 Å². The van der Waals surface area contributed by atoms with Crippen LogP contribution in [0, 0.1) is 6.92 Å². The van der Waals surface area contributed by atoms with Crippen molar-refractivity contribution in [2.45, 2.75) is 19.1 Å². The maximum Gasteiger partial charge on any atom is 0.272 e. The minimum absolute atomic E-state index is 0.0605. The van der Waals surface area contributed by atoms with Crippen LogP contribution >= 0.6 is 11.3 Å². The van der Waals surface area contributed by atoms with Crippen molar-refractivity contribution >= 4 is 33.4 Å². The van der Waals surface area contributed by atoms with Gasteiger partial charge in [0.2, 0.25) is 0 Å². The summed E-state index contributed by atoms with van der Waals surface area (Å²) in [6, 6.07) is 11.7. The number of ether oxygens (including phenoxy) is 1. The average molecular weight is 448 g/mol. The second-order valence-electron chi connectivity index (χ2n) is 8.21. The Labute approximate surface area is 188 Å². The Balaban J connectivity index is 1.57. The summed E-state index contributed by atoms with van der Waals surface area (Å²) in [6.07, 6.45) is 3.07. The highest BCUT2D eigenvalue weighted by molar-refractivity contribution is 7.17. The van der Waals surface area contributed by atoms with E-state index in [0.29, 0.717) is 30.9 Å². The Bertz CT molecular complexity index is 1370. The molecule has 0 bridgehead atoms. The molecule has 5 heterocycles. The number of furan rings is 1. The van der Waals surface area contributed by atoms with Crippen molar-refractivity contribution in [3.05, 3.63) is 76.7 Å². The zero-order chi connectivity index (χ0) is 22.0. The summed E-state index contributed by atoms with van der Waals surface area (Å²) >= 11 is 1.62. The SMILES string of the molecule is COc1ccc(C23Cn4c(cc5sccc54)C(=O)N2CCN3C(=O)c2cocc2C)cc1. The Kier molecular flexibility index (Phi) is 4.04. The normalized spacial score (nSPS) is 20.0. The van der Waals surface area contributed by atoms with Gasteiger partial charge in [0.1, 0.15) is 17.7 Å². The number of nitrogens with zero attached hydrogens (tertiary/aromatic N) is 3. The van der Waals surface area contributed by atoms with E-state index in [0.717, 1.165) is 27.1 Å². The highest BCUT2D eigenvalue weighted by atomic mass is 32.1. The van der Waals surface area contributed by atoms with Crippen LogP contribution in [0.3, 0.4) is 0 Å². The second-order valence-corrected chi connectivity index (χ2v) is 9.16. The zero-order valence-electron chi connectivity index (χ0n) is 17.7. The largest absolute Gasteiger partial charge is 0.497 e. The fourth-order valence-electron chi connectivity index (χ4n) is 5.09. The van der Waals surface area contributed by atoms with Crippen LogP contribution in [0.4, 0.5) is 0 Å². The number of carbonyl (C=O) groups excluding carboxylic acids is 2. The molecule has 8 heteroatoms. The van der Waals surface area contributed by atoms with Gasteiger partial charge in [0.05, 0.1) is 35.7 Å². The van der Waals surface area contributed by atoms with Gasteiger partial charge in [0.15, 0.2) is 5.66 Å². The molecule has 0 spiro atoms. The average Bonchev–Trinajstić information content (AvgIpc) is 3.57. The van der Waals surface area contributed by atoms with Gasteiger partial charge < -0.3 is 23.5 Å². The van der Waals surface area contributed by atoms with Gasteiger partial charge in [-0.15, -0.1) is 11.3 Å². The lowest BCUT2D eigenvalue weighted by Crippen LogP contribution is -2.60. The first kappa shape index (κ1) is 19.2. The fourth-order valence-corrected chi connectivity index (χ4v) is 5.92. The lowest BCUT2D eigenvalue weighted by molar-refractivity contribution is -0.00519. The molecular formula is C24H21N3O4S. The third-order valence-corrected chi connectivity index (χ3v) is 7.54. The number of rotatable bonds is 3. The molecule has 0 saturated carbocycles. The topological polar surface area (TPSA) is 67.9 Å². The van der Waals surface area contributed by atoms with Crippen LogP contribution in [0.5, 0.6) is 5.75 Å². The molecule has 2 aliphatic rings. The molecule has 2 aliphatic heterocycles. The van der Waals surface area contributed by atoms with Crippen molar-refractivity contribution in [1.29, 1.82) is 0 Å². The van der Waals surface area contributed by atoms with Gasteiger partial charge in [0, 0.05) is 18.7 Å². The maximum atomic E-state index is 13.8. The Morgan fingerprint density at radius 1 is 1.16 bits per heavy atom. The fraction of sp³-hybridized carbons (Fsp3) is 0.250. The van der Waals surface area contributed by atoms with E-state index in [1.807, 2.05) is 58.5 Å². The zero-order valence-corrected chi connectivity index (χ0v) is 18.5. The van der Waals surface area contributed by atoms with E-state index in [9.17, 15) is 9.59 Å². The van der Waals surface area contributed by atoms with Crippen molar-refractivity contribution in [1.82, 2.24) is 14.4 Å². The summed E-state index contributed by atoms with van der Waals surface area (Å²) in [5, 5.41) is 2.03. The van der Waals surface area contributed by atoms with Gasteiger partial charge in [-0.3, -0.25) is 9.59 Å². The monoisotopic (exact) mass is 447 g/mol. The minimum atomic E-state index is -0.939. The molecule has 7 nitrogen and oxygen atoms in total. The predicted molar refractivity (Wildman–Crippen MR) is 120 cm³/mol. The van der Waals surface area contributed by atoms with E-state index < -0.39 is 5.66 Å². The smallest absolute Gasteiger partial charge is 0.272 e. The molecule has 162 valence electrons. The molecule has 3 aromatic heterocycles. The number of hydrogen-bond donors (Lipinski definition) is 0. The second kappa shape index (κ2) is 6.74. The van der Waals surface area contributed by atoms with E-state index in [1.165, 1.54) is 6.26 Å². The highest BCUT2D eigenvalue weighted by Crippen LogP contribution is 2.45. The molecule has 0 N–H and O–H groups in total. The van der Waals surface area contributed by atoms with Gasteiger partial charge >= 0.3 is 0 Å². The number of amides is 2. The van der Waals surface area contributed by atoms with Crippen molar-refractivity contribution < 1.29 is 18.7 Å². The predicted octanol–water partition coefficient (Wildman–Crippen LogP) is 4.08. The van der Waals surface area contributed by atoms with Crippen LogP contribution in [0.25, 0.3) is 10.2 Å². The summed E-state index contributed by atoms with van der Waals surface area (Å²) in [5.41, 5.74) is 2.93. The maximum absolute atomic E-state index is 13.8. The summed E-state index contributed by atoms with van der Waals surface area (Å²) in [7, 11) is 1.62. The standard InChI is InChI=1S/C24H21N3O4S/c1-15-12-31-13-18(15)22(28)26-8-9-27-23(29)20-11-21-19(7-10-32-21)25(20)14-24(26,27)16-3-5-17(30-2)6-4-16/h3-7,10-13H,8-9,14H2,1-2H3. The molecule has 0 aliphatic carbocycles. The third kappa shape index (κ3) is 2.41. The van der Waals surface area contributed by atoms with Crippen molar-refractivity contribution in [2.24, 2.45) is 0 Å². The van der Waals surface area contributed by atoms with Gasteiger partial charge in [-0.2, -0.15) is 0 Å². The van der Waals surface area contributed by atoms with Crippen LogP contribution in [0.1, 0.15) is 32.0 Å². The molecule has 0 radical (unpaired) electrons. The number of benzene rings is 1. The molecule has 1 saturated heterocycles. The molecule has 2 amide bonds. The van der Waals surface area contributed by atoms with E-state index in [1.54, 1.807) is 24.7 Å². The summed E-state index contributed by atoms with van der Waals surface area (Å²) in [4.78, 5) is 31.1. The Hall–Kier alpha value is -3.52. The van der Waals surface area contributed by atoms with Crippen LogP contribution in [-0.2, 0) is 12.2 Å². The number of hydrogen-bond acceptors (Lipinski definition) is 5. The van der Waals surface area contributed by atoms with E-state index >= 15 is 0 Å². The number of methoxy groups -OCH3 is 1. The van der Waals surface area contributed by atoms with Crippen molar-refractivity contribution in [3.63, 3.8) is 0 Å². The summed E-state index contributed by atoms with van der Waals surface area (Å²) < 4.78 is 13.8. The number of aryl methyl sites for hydroxylation is 1. The van der Waals surface area contributed by atoms with Crippen LogP contribution in [-0.4, -0.2) is 46.4 Å². The van der Waals surface area contributed by atoms with Crippen molar-refractivity contribution in [2.75, 3.05) is 20.2 Å². The van der Waals surface area contributed by atoms with Gasteiger partial charge in [0.25, 0.3) is 11.8 Å². The van der Waals surface area contributed by atoms with Gasteiger partial charge in [-0.25, -0.2) is 0 Å². The molecule has 1 aromatic carbocycles. The van der Waals surface area contributed by atoms with Crippen LogP contribution in [0.15, 0.2) is 58.7 Å². The number of fused-ring (bicyclic) bond motifs is 4. The molecule has 1 fully saturated rings. The Morgan fingerprint density at radius 2 is 1.97 bits per heavy atom. The van der Waals surface area contributed by atoms with E-state index in [2.05, 4.69) is 4.57 Å². The lowest BCUT2D eigenvalue weighted by atomic mass is 9.93. The molecule has 6 rings (SSSR count). The minimum Gasteiger partial charge on any atom is -0.497 e. The lowest BCUT2D eigenvalue weighted by Gasteiger charge is -2.47. The highest BCUT2D eigenvalue weighted by Gasteiger charge is 2.56. The van der Waals surface area contributed by atoms with E-state index in [-0.39, 0.29) is 11.8 Å². The number of thiophene rings is 1. The first-order chi connectivity index (χ1) is 15.5. The third-order valence-electron chi connectivity index (χ3n) is 6.69. The molecule has 32 heavy (non-hydrogen) atoms. The van der Waals surface area contributed by atoms with Crippen LogP contribution < -0.4 is 4.74 Å².